The molecule has 1 rings (SSSR count). The highest BCUT2D eigenvalue weighted by Crippen LogP contribution is 2.19. The van der Waals surface area contributed by atoms with Crippen molar-refractivity contribution >= 4 is 5.97 Å². The molecule has 0 radical (unpaired) electrons. The van der Waals surface area contributed by atoms with Crippen LogP contribution in [0.5, 0.6) is 0 Å². The van der Waals surface area contributed by atoms with Crippen LogP contribution in [-0.2, 0) is 9.53 Å². The molecular weight excluding hydrogens is 92.1 g/mol. The van der Waals surface area contributed by atoms with Crippen LogP contribution in [0.15, 0.2) is 0 Å². The SMILES string of the molecule is CC1OC(=O)C1C. The minimum atomic E-state index is -0.0625. The van der Waals surface area contributed by atoms with Gasteiger partial charge in [-0.3, -0.25) is 4.79 Å². The molecule has 0 aromatic heterocycles. The zero-order chi connectivity index (χ0) is 5.44. The van der Waals surface area contributed by atoms with Gasteiger partial charge in [-0.1, -0.05) is 0 Å². The normalized spacial score (nSPS) is 39.4. The van der Waals surface area contributed by atoms with Gasteiger partial charge in [0.15, 0.2) is 0 Å². The average molecular weight is 100 g/mol. The fourth-order valence-corrected chi connectivity index (χ4v) is 0.512. The zero-order valence-electron chi connectivity index (χ0n) is 4.47. The lowest BCUT2D eigenvalue weighted by Crippen LogP contribution is -2.40. The topological polar surface area (TPSA) is 26.3 Å². The minimum absolute atomic E-state index is 0.0625. The second kappa shape index (κ2) is 1.22. The van der Waals surface area contributed by atoms with E-state index in [-0.39, 0.29) is 18.0 Å². The van der Waals surface area contributed by atoms with Gasteiger partial charge >= 0.3 is 5.97 Å². The number of hydrogen-bond donors (Lipinski definition) is 0. The van der Waals surface area contributed by atoms with E-state index in [1.165, 1.54) is 0 Å². The summed E-state index contributed by atoms with van der Waals surface area (Å²) in [7, 11) is 0. The van der Waals surface area contributed by atoms with Crippen molar-refractivity contribution in [2.24, 2.45) is 5.92 Å². The predicted octanol–water partition coefficient (Wildman–Crippen LogP) is 0.568. The van der Waals surface area contributed by atoms with Crippen molar-refractivity contribution in [2.75, 3.05) is 0 Å². The molecule has 0 saturated carbocycles. The van der Waals surface area contributed by atoms with E-state index in [0.717, 1.165) is 0 Å². The van der Waals surface area contributed by atoms with Gasteiger partial charge in [0, 0.05) is 0 Å². The van der Waals surface area contributed by atoms with E-state index >= 15 is 0 Å². The maximum atomic E-state index is 10.2. The van der Waals surface area contributed by atoms with Crippen molar-refractivity contribution < 1.29 is 9.53 Å². The van der Waals surface area contributed by atoms with Gasteiger partial charge in [-0.15, -0.1) is 0 Å². The molecule has 0 N–H and O–H groups in total. The molecule has 40 valence electrons. The number of carbonyl (C=O) groups excluding carboxylic acids is 1. The summed E-state index contributed by atoms with van der Waals surface area (Å²) in [5.74, 6) is 0.0764. The molecule has 0 aromatic carbocycles. The second-order valence-corrected chi connectivity index (χ2v) is 1.93. The lowest BCUT2D eigenvalue weighted by atomic mass is 10.0. The maximum Gasteiger partial charge on any atom is 0.312 e. The molecule has 2 heteroatoms. The summed E-state index contributed by atoms with van der Waals surface area (Å²) in [6.07, 6.45) is 0.160. The van der Waals surface area contributed by atoms with Gasteiger partial charge in [0.1, 0.15) is 6.10 Å². The van der Waals surface area contributed by atoms with Crippen molar-refractivity contribution in [3.8, 4) is 0 Å². The summed E-state index contributed by atoms with van der Waals surface area (Å²) in [5, 5.41) is 0. The van der Waals surface area contributed by atoms with Crippen LogP contribution in [0, 0.1) is 5.92 Å². The molecule has 2 nitrogen and oxygen atoms in total. The Morgan fingerprint density at radius 3 is 2.14 bits per heavy atom. The fraction of sp³-hybridized carbons (Fsp3) is 0.800. The zero-order valence-corrected chi connectivity index (χ0v) is 4.47. The average Bonchev–Trinajstić information content (AvgIpc) is 1.68. The molecule has 0 spiro atoms. The van der Waals surface area contributed by atoms with Crippen molar-refractivity contribution in [3.63, 3.8) is 0 Å². The number of esters is 1. The molecule has 2 unspecified atom stereocenters. The number of rotatable bonds is 0. The molecule has 1 aliphatic rings. The highest BCUT2D eigenvalue weighted by Gasteiger charge is 2.34. The lowest BCUT2D eigenvalue weighted by Gasteiger charge is -2.28. The summed E-state index contributed by atoms with van der Waals surface area (Å²) in [4.78, 5) is 10.2. The molecule has 0 bridgehead atoms. The standard InChI is InChI=1S/C5H8O2/c1-3-4(2)7-5(3)6/h3-4H,1-2H3. The van der Waals surface area contributed by atoms with Crippen LogP contribution in [-0.4, -0.2) is 12.1 Å². The first-order valence-electron chi connectivity index (χ1n) is 2.42. The highest BCUT2D eigenvalue weighted by molar-refractivity contribution is 5.77. The summed E-state index contributed by atoms with van der Waals surface area (Å²) in [6, 6.07) is 0. The first kappa shape index (κ1) is 4.62. The third-order valence-electron chi connectivity index (χ3n) is 1.38. The third-order valence-corrected chi connectivity index (χ3v) is 1.38. The van der Waals surface area contributed by atoms with Crippen LogP contribution in [0.1, 0.15) is 13.8 Å². The minimum Gasteiger partial charge on any atom is -0.461 e. The number of carbonyl (C=O) groups is 1. The van der Waals surface area contributed by atoms with E-state index in [9.17, 15) is 4.79 Å². The van der Waals surface area contributed by atoms with Crippen molar-refractivity contribution in [1.82, 2.24) is 0 Å². The molecule has 1 fully saturated rings. The van der Waals surface area contributed by atoms with E-state index in [1.807, 2.05) is 13.8 Å². The van der Waals surface area contributed by atoms with Crippen LogP contribution in [0.25, 0.3) is 0 Å². The Morgan fingerprint density at radius 2 is 2.14 bits per heavy atom. The summed E-state index contributed by atoms with van der Waals surface area (Å²) >= 11 is 0. The fourth-order valence-electron chi connectivity index (χ4n) is 0.512. The molecule has 0 aromatic rings. The van der Waals surface area contributed by atoms with E-state index < -0.39 is 0 Å². The number of cyclic esters (lactones) is 1. The molecular formula is C5H8O2. The van der Waals surface area contributed by atoms with Crippen LogP contribution in [0.3, 0.4) is 0 Å². The predicted molar refractivity (Wildman–Crippen MR) is 24.7 cm³/mol. The molecule has 0 amide bonds. The van der Waals surface area contributed by atoms with Crippen LogP contribution < -0.4 is 0 Å². The molecule has 1 aliphatic heterocycles. The Balaban J connectivity index is 2.43. The Hall–Kier alpha value is -0.530. The van der Waals surface area contributed by atoms with E-state index in [1.54, 1.807) is 0 Å². The van der Waals surface area contributed by atoms with E-state index in [2.05, 4.69) is 4.74 Å². The first-order chi connectivity index (χ1) is 3.22. The van der Waals surface area contributed by atoms with Crippen molar-refractivity contribution in [1.29, 1.82) is 0 Å². The molecule has 2 atom stereocenters. The first-order valence-corrected chi connectivity index (χ1v) is 2.42. The van der Waals surface area contributed by atoms with Gasteiger partial charge in [0.25, 0.3) is 0 Å². The summed E-state index contributed by atoms with van der Waals surface area (Å²) < 4.78 is 4.61. The van der Waals surface area contributed by atoms with Gasteiger partial charge in [0.05, 0.1) is 5.92 Å². The monoisotopic (exact) mass is 100 g/mol. The van der Waals surface area contributed by atoms with E-state index in [4.69, 9.17) is 0 Å². The van der Waals surface area contributed by atoms with Gasteiger partial charge in [0.2, 0.25) is 0 Å². The van der Waals surface area contributed by atoms with E-state index in [0.29, 0.717) is 0 Å². The number of ether oxygens (including phenoxy) is 1. The van der Waals surface area contributed by atoms with Crippen LogP contribution >= 0.6 is 0 Å². The quantitative estimate of drug-likeness (QED) is 0.416. The molecule has 7 heavy (non-hydrogen) atoms. The van der Waals surface area contributed by atoms with Gasteiger partial charge in [-0.25, -0.2) is 0 Å². The molecule has 0 aliphatic carbocycles. The van der Waals surface area contributed by atoms with Crippen molar-refractivity contribution in [2.45, 2.75) is 20.0 Å². The maximum absolute atomic E-state index is 10.2. The third kappa shape index (κ3) is 0.501. The van der Waals surface area contributed by atoms with Crippen LogP contribution in [0.2, 0.25) is 0 Å². The smallest absolute Gasteiger partial charge is 0.312 e. The van der Waals surface area contributed by atoms with Crippen molar-refractivity contribution in [3.05, 3.63) is 0 Å². The molecule has 1 saturated heterocycles. The number of hydrogen-bond acceptors (Lipinski definition) is 2. The Kier molecular flexibility index (Phi) is 0.805. The summed E-state index contributed by atoms with van der Waals surface area (Å²) in [5.41, 5.74) is 0. The summed E-state index contributed by atoms with van der Waals surface area (Å²) in [6.45, 7) is 3.77. The second-order valence-electron chi connectivity index (χ2n) is 1.93. The lowest BCUT2D eigenvalue weighted by molar-refractivity contribution is -0.179. The van der Waals surface area contributed by atoms with Gasteiger partial charge in [-0.2, -0.15) is 0 Å². The largest absolute Gasteiger partial charge is 0.461 e. The van der Waals surface area contributed by atoms with Gasteiger partial charge in [-0.05, 0) is 13.8 Å². The Morgan fingerprint density at radius 1 is 1.57 bits per heavy atom. The van der Waals surface area contributed by atoms with Gasteiger partial charge < -0.3 is 4.74 Å². The van der Waals surface area contributed by atoms with Crippen LogP contribution in [0.4, 0.5) is 0 Å². The highest BCUT2D eigenvalue weighted by atomic mass is 16.6. The Bertz CT molecular complexity index is 98.3. The Labute approximate surface area is 42.5 Å². The molecule has 1 heterocycles.